The van der Waals surface area contributed by atoms with E-state index >= 15 is 0 Å². The topological polar surface area (TPSA) is 83.2 Å². The maximum Gasteiger partial charge on any atom is 0.416 e. The molecule has 0 radical (unpaired) electrons. The zero-order chi connectivity index (χ0) is 20.1. The number of aromatic amines is 1. The molecule has 144 valence electrons. The molecule has 0 aliphatic carbocycles. The molecular weight excluding hydrogens is 375 g/mol. The smallest absolute Gasteiger partial charge is 0.416 e. The summed E-state index contributed by atoms with van der Waals surface area (Å²) in [6.45, 7) is 0. The molecule has 0 atom stereocenters. The minimum absolute atomic E-state index is 0.0188. The van der Waals surface area contributed by atoms with Gasteiger partial charge >= 0.3 is 12.2 Å². The van der Waals surface area contributed by atoms with Crippen molar-refractivity contribution in [2.24, 2.45) is 0 Å². The first-order chi connectivity index (χ1) is 13.3. The molecule has 0 fully saturated rings. The van der Waals surface area contributed by atoms with Crippen molar-refractivity contribution >= 4 is 17.4 Å². The molecule has 3 rings (SSSR count). The van der Waals surface area contributed by atoms with Crippen molar-refractivity contribution in [1.82, 2.24) is 4.98 Å². The lowest BCUT2D eigenvalue weighted by atomic mass is 10.2. The average Bonchev–Trinajstić information content (AvgIpc) is 2.65. The number of amides is 2. The van der Waals surface area contributed by atoms with E-state index in [2.05, 4.69) is 15.6 Å². The second-order valence-corrected chi connectivity index (χ2v) is 5.67. The molecule has 6 nitrogen and oxygen atoms in total. The number of anilines is 2. The van der Waals surface area contributed by atoms with Crippen molar-refractivity contribution in [2.45, 2.75) is 6.18 Å². The van der Waals surface area contributed by atoms with Gasteiger partial charge in [0.05, 0.1) is 5.56 Å². The van der Waals surface area contributed by atoms with Crippen LogP contribution in [0.2, 0.25) is 0 Å². The Morgan fingerprint density at radius 3 is 2.21 bits per heavy atom. The van der Waals surface area contributed by atoms with Crippen LogP contribution in [0.1, 0.15) is 5.56 Å². The summed E-state index contributed by atoms with van der Waals surface area (Å²) in [5.41, 5.74) is -0.670. The number of aromatic nitrogens is 1. The van der Waals surface area contributed by atoms with Gasteiger partial charge in [-0.3, -0.25) is 4.79 Å². The van der Waals surface area contributed by atoms with Gasteiger partial charge in [-0.25, -0.2) is 4.79 Å². The van der Waals surface area contributed by atoms with Gasteiger partial charge in [0.2, 0.25) is 5.56 Å². The van der Waals surface area contributed by atoms with E-state index in [-0.39, 0.29) is 11.2 Å². The molecule has 3 N–H and O–H groups in total. The minimum Gasteiger partial charge on any atom is -0.456 e. The first kappa shape index (κ1) is 19.0. The third-order valence-electron chi connectivity index (χ3n) is 3.55. The number of H-pyrrole nitrogens is 1. The number of halogens is 3. The van der Waals surface area contributed by atoms with Crippen LogP contribution in [0.15, 0.2) is 71.7 Å². The lowest BCUT2D eigenvalue weighted by Gasteiger charge is -2.11. The van der Waals surface area contributed by atoms with Crippen molar-refractivity contribution in [2.75, 3.05) is 10.6 Å². The maximum atomic E-state index is 12.7. The Kier molecular flexibility index (Phi) is 5.35. The van der Waals surface area contributed by atoms with E-state index in [1.54, 1.807) is 24.3 Å². The number of hydrogen-bond donors (Lipinski definition) is 3. The number of carbonyl (C=O) groups excluding carboxylic acids is 1. The number of nitrogens with one attached hydrogen (secondary N) is 3. The molecular formula is C19H14F3N3O3. The van der Waals surface area contributed by atoms with Crippen LogP contribution in [0.25, 0.3) is 0 Å². The second kappa shape index (κ2) is 7.87. The highest BCUT2D eigenvalue weighted by Crippen LogP contribution is 2.30. The van der Waals surface area contributed by atoms with Gasteiger partial charge in [-0.2, -0.15) is 13.2 Å². The van der Waals surface area contributed by atoms with Gasteiger partial charge < -0.3 is 20.4 Å². The van der Waals surface area contributed by atoms with E-state index in [0.717, 1.165) is 12.1 Å². The van der Waals surface area contributed by atoms with E-state index in [1.165, 1.54) is 30.5 Å². The maximum absolute atomic E-state index is 12.7. The largest absolute Gasteiger partial charge is 0.456 e. The van der Waals surface area contributed by atoms with Crippen LogP contribution in [0, 0.1) is 0 Å². The number of benzene rings is 2. The number of pyridine rings is 1. The molecule has 0 saturated heterocycles. The molecule has 3 aromatic rings. The van der Waals surface area contributed by atoms with Crippen molar-refractivity contribution in [3.8, 4) is 11.5 Å². The summed E-state index contributed by atoms with van der Waals surface area (Å²) in [5.74, 6) is 0.901. The van der Waals surface area contributed by atoms with Crippen LogP contribution >= 0.6 is 0 Å². The zero-order valence-corrected chi connectivity index (χ0v) is 14.2. The van der Waals surface area contributed by atoms with Crippen molar-refractivity contribution < 1.29 is 22.7 Å². The standard InChI is InChI=1S/C19H14F3N3O3/c20-19(21,22)12-2-1-3-14(10-12)25-18(27)24-13-4-6-15(7-5-13)28-16-8-9-17(26)23-11-16/h1-11H,(H,23,26)(H2,24,25,27). The summed E-state index contributed by atoms with van der Waals surface area (Å²) in [6, 6.07) is 12.8. The lowest BCUT2D eigenvalue weighted by molar-refractivity contribution is -0.137. The molecule has 0 aliphatic rings. The predicted octanol–water partition coefficient (Wildman–Crippen LogP) is 4.83. The van der Waals surface area contributed by atoms with E-state index < -0.39 is 17.8 Å². The van der Waals surface area contributed by atoms with Gasteiger partial charge in [-0.05, 0) is 48.5 Å². The highest BCUT2D eigenvalue weighted by Gasteiger charge is 2.30. The van der Waals surface area contributed by atoms with E-state index in [9.17, 15) is 22.8 Å². The summed E-state index contributed by atoms with van der Waals surface area (Å²) in [6.07, 6.45) is -3.08. The van der Waals surface area contributed by atoms with Gasteiger partial charge in [-0.1, -0.05) is 6.07 Å². The van der Waals surface area contributed by atoms with Gasteiger partial charge in [-0.15, -0.1) is 0 Å². The third kappa shape index (κ3) is 5.13. The molecule has 1 aromatic heterocycles. The van der Waals surface area contributed by atoms with Crippen LogP contribution < -0.4 is 20.9 Å². The highest BCUT2D eigenvalue weighted by molar-refractivity contribution is 5.99. The summed E-state index contributed by atoms with van der Waals surface area (Å²) in [4.78, 5) is 25.5. The molecule has 0 bridgehead atoms. The fraction of sp³-hybridized carbons (Fsp3) is 0.0526. The van der Waals surface area contributed by atoms with Crippen LogP contribution in [0.5, 0.6) is 11.5 Å². The fourth-order valence-electron chi connectivity index (χ4n) is 2.27. The predicted molar refractivity (Wildman–Crippen MR) is 97.7 cm³/mol. The Balaban J connectivity index is 1.60. The average molecular weight is 389 g/mol. The fourth-order valence-corrected chi connectivity index (χ4v) is 2.27. The second-order valence-electron chi connectivity index (χ2n) is 5.67. The molecule has 1 heterocycles. The summed E-state index contributed by atoms with van der Waals surface area (Å²) in [7, 11) is 0. The zero-order valence-electron chi connectivity index (χ0n) is 14.2. The highest BCUT2D eigenvalue weighted by atomic mass is 19.4. The quantitative estimate of drug-likeness (QED) is 0.598. The van der Waals surface area contributed by atoms with E-state index in [0.29, 0.717) is 17.2 Å². The monoisotopic (exact) mass is 389 g/mol. The van der Waals surface area contributed by atoms with Crippen LogP contribution in [0.3, 0.4) is 0 Å². The molecule has 9 heteroatoms. The Hall–Kier alpha value is -3.75. The lowest BCUT2D eigenvalue weighted by Crippen LogP contribution is -2.19. The molecule has 2 aromatic carbocycles. The SMILES string of the molecule is O=C(Nc1ccc(Oc2ccc(=O)[nH]c2)cc1)Nc1cccc(C(F)(F)F)c1. The molecule has 0 spiro atoms. The number of carbonyl (C=O) groups is 1. The number of ether oxygens (including phenoxy) is 1. The van der Waals surface area contributed by atoms with Crippen LogP contribution in [0.4, 0.5) is 29.3 Å². The molecule has 28 heavy (non-hydrogen) atoms. The first-order valence-corrected chi connectivity index (χ1v) is 8.01. The van der Waals surface area contributed by atoms with Gasteiger partial charge in [0, 0.05) is 23.6 Å². The number of hydrogen-bond acceptors (Lipinski definition) is 3. The summed E-state index contributed by atoms with van der Waals surface area (Å²) >= 11 is 0. The summed E-state index contributed by atoms with van der Waals surface area (Å²) in [5, 5.41) is 4.86. The van der Waals surface area contributed by atoms with Gasteiger partial charge in [0.1, 0.15) is 11.5 Å². The van der Waals surface area contributed by atoms with Gasteiger partial charge in [0.15, 0.2) is 0 Å². The van der Waals surface area contributed by atoms with E-state index in [1.807, 2.05) is 0 Å². The minimum atomic E-state index is -4.49. The number of rotatable bonds is 4. The third-order valence-corrected chi connectivity index (χ3v) is 3.55. The Bertz CT molecular complexity index is 1010. The van der Waals surface area contributed by atoms with Crippen molar-refractivity contribution in [1.29, 1.82) is 0 Å². The Labute approximate surface area is 157 Å². The molecule has 0 aliphatic heterocycles. The number of urea groups is 1. The molecule has 2 amide bonds. The first-order valence-electron chi connectivity index (χ1n) is 8.01. The summed E-state index contributed by atoms with van der Waals surface area (Å²) < 4.78 is 43.7. The van der Waals surface area contributed by atoms with Crippen LogP contribution in [-0.4, -0.2) is 11.0 Å². The van der Waals surface area contributed by atoms with Gasteiger partial charge in [0.25, 0.3) is 0 Å². The van der Waals surface area contributed by atoms with Crippen molar-refractivity contribution in [3.63, 3.8) is 0 Å². The van der Waals surface area contributed by atoms with Crippen molar-refractivity contribution in [3.05, 3.63) is 82.8 Å². The van der Waals surface area contributed by atoms with E-state index in [4.69, 9.17) is 4.74 Å². The molecule has 0 saturated carbocycles. The number of alkyl halides is 3. The van der Waals surface area contributed by atoms with Crippen LogP contribution in [-0.2, 0) is 6.18 Å². The Morgan fingerprint density at radius 1 is 0.893 bits per heavy atom. The Morgan fingerprint density at radius 2 is 1.57 bits per heavy atom. The molecule has 0 unspecified atom stereocenters. The normalized spacial score (nSPS) is 11.0.